The lowest BCUT2D eigenvalue weighted by atomic mass is 10.4. The largest absolute Gasteiger partial charge is 0.506 e. The van der Waals surface area contributed by atoms with Gasteiger partial charge in [0.05, 0.1) is 18.1 Å². The number of rotatable bonds is 2. The van der Waals surface area contributed by atoms with E-state index in [0.29, 0.717) is 5.69 Å². The number of aromatic nitrogens is 1. The average molecular weight is 179 g/mol. The van der Waals surface area contributed by atoms with Gasteiger partial charge in [-0.2, -0.15) is 5.10 Å². The van der Waals surface area contributed by atoms with Crippen molar-refractivity contribution in [2.24, 2.45) is 21.7 Å². The van der Waals surface area contributed by atoms with E-state index in [-0.39, 0.29) is 11.7 Å². The van der Waals surface area contributed by atoms with Gasteiger partial charge < -0.3 is 16.6 Å². The van der Waals surface area contributed by atoms with Gasteiger partial charge >= 0.3 is 0 Å². The van der Waals surface area contributed by atoms with E-state index >= 15 is 0 Å². The number of pyridine rings is 1. The highest BCUT2D eigenvalue weighted by Crippen LogP contribution is 2.03. The van der Waals surface area contributed by atoms with Crippen LogP contribution in [0.15, 0.2) is 28.5 Å². The molecule has 0 aliphatic carbocycles. The fourth-order valence-corrected chi connectivity index (χ4v) is 0.629. The molecule has 0 unspecified atom stereocenters. The van der Waals surface area contributed by atoms with Gasteiger partial charge in [0.25, 0.3) is 0 Å². The molecule has 6 heteroatoms. The van der Waals surface area contributed by atoms with Crippen LogP contribution in [0.2, 0.25) is 0 Å². The van der Waals surface area contributed by atoms with E-state index in [1.54, 1.807) is 6.07 Å². The van der Waals surface area contributed by atoms with Crippen LogP contribution >= 0.6 is 0 Å². The topological polar surface area (TPSA) is 110 Å². The molecule has 0 radical (unpaired) electrons. The average Bonchev–Trinajstić information content (AvgIpc) is 2.08. The van der Waals surface area contributed by atoms with E-state index in [9.17, 15) is 0 Å². The molecule has 0 atom stereocenters. The van der Waals surface area contributed by atoms with Crippen molar-refractivity contribution in [3.63, 3.8) is 0 Å². The summed E-state index contributed by atoms with van der Waals surface area (Å²) in [6, 6.07) is 3.07. The van der Waals surface area contributed by atoms with Gasteiger partial charge in [-0.1, -0.05) is 0 Å². The fraction of sp³-hybridized carbons (Fsp3) is 0. The van der Waals surface area contributed by atoms with Crippen LogP contribution in [0.3, 0.4) is 0 Å². The maximum absolute atomic E-state index is 8.90. The summed E-state index contributed by atoms with van der Waals surface area (Å²) in [6.45, 7) is 0. The predicted octanol–water partition coefficient (Wildman–Crippen LogP) is -0.606. The Kier molecular flexibility index (Phi) is 2.80. The van der Waals surface area contributed by atoms with Gasteiger partial charge in [-0.15, -0.1) is 5.10 Å². The van der Waals surface area contributed by atoms with Gasteiger partial charge in [-0.25, -0.2) is 0 Å². The molecule has 0 spiro atoms. The molecule has 0 fully saturated rings. The standard InChI is InChI=1S/C7H9N5O/c8-7(9)12-11-3-5-1-2-6(13)4-10-5/h1-4,13H,(H4,8,9,12). The van der Waals surface area contributed by atoms with Crippen LogP contribution in [0.1, 0.15) is 5.69 Å². The van der Waals surface area contributed by atoms with Crippen molar-refractivity contribution >= 4 is 12.2 Å². The summed E-state index contributed by atoms with van der Waals surface area (Å²) in [5.74, 6) is -0.0194. The second kappa shape index (κ2) is 4.05. The molecular weight excluding hydrogens is 170 g/mol. The van der Waals surface area contributed by atoms with E-state index in [1.165, 1.54) is 18.5 Å². The second-order valence-electron chi connectivity index (χ2n) is 2.21. The first-order chi connectivity index (χ1) is 6.18. The number of hydrogen-bond donors (Lipinski definition) is 3. The third-order valence-electron chi connectivity index (χ3n) is 1.13. The van der Waals surface area contributed by atoms with Crippen LogP contribution in [-0.2, 0) is 0 Å². The summed E-state index contributed by atoms with van der Waals surface area (Å²) in [4.78, 5) is 3.82. The van der Waals surface area contributed by atoms with Crippen LogP contribution in [0.5, 0.6) is 5.75 Å². The summed E-state index contributed by atoms with van der Waals surface area (Å²) in [5.41, 5.74) is 10.6. The lowest BCUT2D eigenvalue weighted by molar-refractivity contribution is 0.472. The summed E-state index contributed by atoms with van der Waals surface area (Å²) in [5, 5.41) is 15.8. The van der Waals surface area contributed by atoms with Crippen molar-refractivity contribution in [2.75, 3.05) is 0 Å². The number of nitrogens with two attached hydrogens (primary N) is 2. The summed E-state index contributed by atoms with van der Waals surface area (Å²) in [6.07, 6.45) is 2.68. The molecule has 0 bridgehead atoms. The van der Waals surface area contributed by atoms with Crippen molar-refractivity contribution in [3.8, 4) is 5.75 Å². The quantitative estimate of drug-likeness (QED) is 0.319. The summed E-state index contributed by atoms with van der Waals surface area (Å²) >= 11 is 0. The zero-order valence-electron chi connectivity index (χ0n) is 6.75. The number of hydrogen-bond acceptors (Lipinski definition) is 4. The molecule has 6 nitrogen and oxygen atoms in total. The van der Waals surface area contributed by atoms with Crippen LogP contribution in [0.25, 0.3) is 0 Å². The summed E-state index contributed by atoms with van der Waals surface area (Å²) in [7, 11) is 0. The van der Waals surface area contributed by atoms with E-state index in [1.807, 2.05) is 0 Å². The van der Waals surface area contributed by atoms with Crippen molar-refractivity contribution < 1.29 is 5.11 Å². The molecule has 0 saturated heterocycles. The Balaban J connectivity index is 2.70. The van der Waals surface area contributed by atoms with E-state index in [2.05, 4.69) is 15.2 Å². The normalized spacial score (nSPS) is 10.2. The molecular formula is C7H9N5O. The zero-order valence-corrected chi connectivity index (χ0v) is 6.75. The van der Waals surface area contributed by atoms with Gasteiger partial charge in [0, 0.05) is 0 Å². The molecule has 0 aliphatic heterocycles. The van der Waals surface area contributed by atoms with Crippen LogP contribution in [0.4, 0.5) is 0 Å². The molecule has 0 amide bonds. The lowest BCUT2D eigenvalue weighted by Gasteiger charge is -1.90. The Hall–Kier alpha value is -2.11. The minimum Gasteiger partial charge on any atom is -0.506 e. The highest BCUT2D eigenvalue weighted by atomic mass is 16.3. The van der Waals surface area contributed by atoms with Crippen LogP contribution in [0, 0.1) is 0 Å². The molecule has 1 aromatic heterocycles. The third-order valence-corrected chi connectivity index (χ3v) is 1.13. The third kappa shape index (κ3) is 3.19. The molecule has 1 rings (SSSR count). The maximum Gasteiger partial charge on any atom is 0.211 e. The zero-order chi connectivity index (χ0) is 9.68. The Labute approximate surface area is 74.6 Å². The summed E-state index contributed by atoms with van der Waals surface area (Å²) < 4.78 is 0. The highest BCUT2D eigenvalue weighted by molar-refractivity contribution is 5.79. The van der Waals surface area contributed by atoms with Crippen LogP contribution < -0.4 is 11.5 Å². The van der Waals surface area contributed by atoms with Crippen molar-refractivity contribution in [2.45, 2.75) is 0 Å². The first-order valence-corrected chi connectivity index (χ1v) is 3.45. The molecule has 13 heavy (non-hydrogen) atoms. The molecule has 0 saturated carbocycles. The van der Waals surface area contributed by atoms with Gasteiger partial charge in [0.15, 0.2) is 0 Å². The minimum absolute atomic E-state index is 0.0963. The van der Waals surface area contributed by atoms with Crippen molar-refractivity contribution in [1.82, 2.24) is 4.98 Å². The van der Waals surface area contributed by atoms with Gasteiger partial charge in [0.1, 0.15) is 5.75 Å². The Morgan fingerprint density at radius 3 is 2.77 bits per heavy atom. The second-order valence-corrected chi connectivity index (χ2v) is 2.21. The van der Waals surface area contributed by atoms with Gasteiger partial charge in [0.2, 0.25) is 5.96 Å². The predicted molar refractivity (Wildman–Crippen MR) is 49.3 cm³/mol. The molecule has 1 aromatic rings. The Bertz CT molecular complexity index is 325. The van der Waals surface area contributed by atoms with Crippen molar-refractivity contribution in [3.05, 3.63) is 24.0 Å². The number of guanidine groups is 1. The molecule has 1 heterocycles. The lowest BCUT2D eigenvalue weighted by Crippen LogP contribution is -2.21. The first-order valence-electron chi connectivity index (χ1n) is 3.45. The Morgan fingerprint density at radius 2 is 2.23 bits per heavy atom. The number of nitrogens with zero attached hydrogens (tertiary/aromatic N) is 3. The Morgan fingerprint density at radius 1 is 1.46 bits per heavy atom. The molecule has 0 aliphatic rings. The van der Waals surface area contributed by atoms with Crippen LogP contribution in [-0.4, -0.2) is 22.3 Å². The maximum atomic E-state index is 8.90. The molecule has 0 aromatic carbocycles. The van der Waals surface area contributed by atoms with E-state index in [4.69, 9.17) is 16.6 Å². The first kappa shape index (κ1) is 8.98. The molecule has 68 valence electrons. The van der Waals surface area contributed by atoms with E-state index in [0.717, 1.165) is 0 Å². The SMILES string of the molecule is NC(N)=NN=Cc1ccc(O)cn1. The van der Waals surface area contributed by atoms with Crippen molar-refractivity contribution in [1.29, 1.82) is 0 Å². The monoisotopic (exact) mass is 179 g/mol. The number of aromatic hydroxyl groups is 1. The molecule has 5 N–H and O–H groups in total. The van der Waals surface area contributed by atoms with Gasteiger partial charge in [-0.3, -0.25) is 4.98 Å². The van der Waals surface area contributed by atoms with E-state index < -0.39 is 0 Å². The minimum atomic E-state index is -0.116. The smallest absolute Gasteiger partial charge is 0.211 e. The van der Waals surface area contributed by atoms with Gasteiger partial charge in [-0.05, 0) is 12.1 Å². The highest BCUT2D eigenvalue weighted by Gasteiger charge is 1.89. The fourth-order valence-electron chi connectivity index (χ4n) is 0.629.